The molecule has 2 aromatic rings. The normalized spacial score (nSPS) is 26.7. The molecule has 2 aliphatic heterocycles. The lowest BCUT2D eigenvalue weighted by Crippen LogP contribution is -2.30. The van der Waals surface area contributed by atoms with Crippen LogP contribution in [0.15, 0.2) is 48.5 Å². The molecule has 34 heavy (non-hydrogen) atoms. The number of imide groups is 1. The third kappa shape index (κ3) is 3.98. The summed E-state index contributed by atoms with van der Waals surface area (Å²) >= 11 is 6.20. The number of esters is 1. The molecule has 4 atom stereocenters. The van der Waals surface area contributed by atoms with E-state index in [1.165, 1.54) is 9.80 Å². The fraction of sp³-hybridized carbons (Fsp3) is 0.385. The molecule has 0 spiro atoms. The maximum Gasteiger partial charge on any atom is 0.316 e. The summed E-state index contributed by atoms with van der Waals surface area (Å²) in [6, 6.07) is 13.4. The number of fused-ring (bicyclic) bond motifs is 1. The maximum absolute atomic E-state index is 12.9. The van der Waals surface area contributed by atoms with Crippen LogP contribution in [-0.2, 0) is 19.2 Å². The van der Waals surface area contributed by atoms with Gasteiger partial charge in [-0.2, -0.15) is 0 Å². The van der Waals surface area contributed by atoms with Crippen LogP contribution < -0.4 is 14.5 Å². The molecule has 0 bridgehead atoms. The molecule has 2 heterocycles. The summed E-state index contributed by atoms with van der Waals surface area (Å²) in [5, 5.41) is 0.445. The summed E-state index contributed by atoms with van der Waals surface area (Å²) in [4.78, 5) is 53.7. The Balaban J connectivity index is 1.25. The number of benzene rings is 2. The van der Waals surface area contributed by atoms with Crippen LogP contribution in [0.5, 0.6) is 5.75 Å². The zero-order chi connectivity index (χ0) is 24.0. The van der Waals surface area contributed by atoms with Gasteiger partial charge in [0.25, 0.3) is 0 Å². The van der Waals surface area contributed by atoms with Crippen molar-refractivity contribution in [1.29, 1.82) is 0 Å². The van der Waals surface area contributed by atoms with Crippen LogP contribution in [0.25, 0.3) is 0 Å². The summed E-state index contributed by atoms with van der Waals surface area (Å²) in [6.45, 7) is 2.31. The van der Waals surface area contributed by atoms with Crippen LogP contribution in [0.2, 0.25) is 5.02 Å². The molecule has 5 rings (SSSR count). The van der Waals surface area contributed by atoms with Gasteiger partial charge in [-0.3, -0.25) is 24.1 Å². The molecule has 3 amide bonds. The molecule has 8 heteroatoms. The zero-order valence-electron chi connectivity index (χ0n) is 18.8. The van der Waals surface area contributed by atoms with E-state index in [4.69, 9.17) is 16.3 Å². The molecule has 0 N–H and O–H groups in total. The zero-order valence-corrected chi connectivity index (χ0v) is 19.5. The van der Waals surface area contributed by atoms with Gasteiger partial charge in [0.1, 0.15) is 5.75 Å². The van der Waals surface area contributed by atoms with Crippen molar-refractivity contribution in [1.82, 2.24) is 0 Å². The molecule has 1 saturated carbocycles. The van der Waals surface area contributed by atoms with Crippen LogP contribution in [0.1, 0.15) is 32.6 Å². The number of anilines is 2. The van der Waals surface area contributed by atoms with Gasteiger partial charge in [0.05, 0.1) is 34.2 Å². The third-order valence-corrected chi connectivity index (χ3v) is 7.42. The Morgan fingerprint density at radius 2 is 1.68 bits per heavy atom. The van der Waals surface area contributed by atoms with Crippen molar-refractivity contribution in [2.45, 2.75) is 32.6 Å². The van der Waals surface area contributed by atoms with E-state index in [0.29, 0.717) is 28.1 Å². The Labute approximate surface area is 202 Å². The second-order valence-corrected chi connectivity index (χ2v) is 9.82. The lowest BCUT2D eigenvalue weighted by Gasteiger charge is -2.25. The van der Waals surface area contributed by atoms with E-state index in [-0.39, 0.29) is 42.5 Å². The number of halogens is 1. The number of hydrogen-bond acceptors (Lipinski definition) is 5. The van der Waals surface area contributed by atoms with Crippen molar-refractivity contribution in [3.63, 3.8) is 0 Å². The molecule has 0 unspecified atom stereocenters. The van der Waals surface area contributed by atoms with Gasteiger partial charge in [0, 0.05) is 13.0 Å². The molecule has 0 aromatic heterocycles. The van der Waals surface area contributed by atoms with Crippen molar-refractivity contribution in [3.8, 4) is 5.75 Å². The van der Waals surface area contributed by atoms with Gasteiger partial charge >= 0.3 is 5.97 Å². The fourth-order valence-corrected chi connectivity index (χ4v) is 5.51. The minimum atomic E-state index is -0.615. The molecule has 0 radical (unpaired) electrons. The summed E-state index contributed by atoms with van der Waals surface area (Å²) in [7, 11) is 0. The summed E-state index contributed by atoms with van der Waals surface area (Å²) < 4.78 is 5.50. The minimum absolute atomic E-state index is 0.0418. The van der Waals surface area contributed by atoms with Gasteiger partial charge in [-0.1, -0.05) is 30.7 Å². The van der Waals surface area contributed by atoms with Crippen LogP contribution in [-0.4, -0.2) is 30.2 Å². The minimum Gasteiger partial charge on any atom is -0.426 e. The van der Waals surface area contributed by atoms with Gasteiger partial charge in [-0.25, -0.2) is 0 Å². The quantitative estimate of drug-likeness (QED) is 0.371. The second-order valence-electron chi connectivity index (χ2n) is 9.41. The fourth-order valence-electron chi connectivity index (χ4n) is 5.28. The highest BCUT2D eigenvalue weighted by molar-refractivity contribution is 6.33. The van der Waals surface area contributed by atoms with Crippen LogP contribution >= 0.6 is 11.6 Å². The number of nitrogens with zero attached hydrogens (tertiary/aromatic N) is 2. The first-order chi connectivity index (χ1) is 16.3. The largest absolute Gasteiger partial charge is 0.426 e. The van der Waals surface area contributed by atoms with Gasteiger partial charge in [0.2, 0.25) is 17.7 Å². The first-order valence-electron chi connectivity index (χ1n) is 11.6. The highest BCUT2D eigenvalue weighted by Crippen LogP contribution is 2.42. The van der Waals surface area contributed by atoms with Gasteiger partial charge in [0.15, 0.2) is 0 Å². The molecule has 2 saturated heterocycles. The second kappa shape index (κ2) is 8.87. The predicted octanol–water partition coefficient (Wildman–Crippen LogP) is 4.22. The molecular formula is C26H25ClN2O5. The molecule has 3 aliphatic rings. The van der Waals surface area contributed by atoms with E-state index in [2.05, 4.69) is 6.92 Å². The van der Waals surface area contributed by atoms with Gasteiger partial charge in [-0.05, 0) is 61.6 Å². The average Bonchev–Trinajstić information content (AvgIpc) is 3.32. The first-order valence-corrected chi connectivity index (χ1v) is 12.0. The lowest BCUT2D eigenvalue weighted by molar-refractivity contribution is -0.139. The Hall–Kier alpha value is -3.19. The first kappa shape index (κ1) is 22.6. The molecule has 176 valence electrons. The third-order valence-electron chi connectivity index (χ3n) is 7.10. The van der Waals surface area contributed by atoms with Crippen LogP contribution in [0, 0.1) is 23.7 Å². The highest BCUT2D eigenvalue weighted by Gasteiger charge is 2.50. The summed E-state index contributed by atoms with van der Waals surface area (Å²) in [5.74, 6) is -1.34. The number of rotatable bonds is 4. The number of carbonyl (C=O) groups is 4. The average molecular weight is 481 g/mol. The number of carbonyl (C=O) groups excluding carboxylic acids is 4. The van der Waals surface area contributed by atoms with E-state index >= 15 is 0 Å². The highest BCUT2D eigenvalue weighted by atomic mass is 35.5. The van der Waals surface area contributed by atoms with Crippen molar-refractivity contribution >= 4 is 46.7 Å². The molecular weight excluding hydrogens is 456 g/mol. The Bertz CT molecular complexity index is 1160. The van der Waals surface area contributed by atoms with E-state index in [1.807, 2.05) is 0 Å². The van der Waals surface area contributed by atoms with E-state index in [9.17, 15) is 19.2 Å². The van der Waals surface area contributed by atoms with E-state index in [1.54, 1.807) is 48.5 Å². The Kier molecular flexibility index (Phi) is 5.90. The number of amides is 3. The van der Waals surface area contributed by atoms with Crippen LogP contribution in [0.4, 0.5) is 11.4 Å². The predicted molar refractivity (Wildman–Crippen MR) is 126 cm³/mol. The van der Waals surface area contributed by atoms with Crippen molar-refractivity contribution < 1.29 is 23.9 Å². The smallest absolute Gasteiger partial charge is 0.316 e. The van der Waals surface area contributed by atoms with Crippen molar-refractivity contribution in [2.24, 2.45) is 23.7 Å². The van der Waals surface area contributed by atoms with Crippen molar-refractivity contribution in [3.05, 3.63) is 53.6 Å². The van der Waals surface area contributed by atoms with Crippen LogP contribution in [0.3, 0.4) is 0 Å². The lowest BCUT2D eigenvalue weighted by atomic mass is 9.76. The van der Waals surface area contributed by atoms with Gasteiger partial charge < -0.3 is 9.64 Å². The Morgan fingerprint density at radius 3 is 2.41 bits per heavy atom. The summed E-state index contributed by atoms with van der Waals surface area (Å²) in [5.41, 5.74) is 1.06. The van der Waals surface area contributed by atoms with Crippen molar-refractivity contribution in [2.75, 3.05) is 16.3 Å². The molecule has 1 aliphatic carbocycles. The standard InChI is InChI=1S/C26H25ClN2O5/c1-15-6-11-19-20(12-15)25(32)29(24(19)31)17-7-9-18(10-8-17)34-26(33)16-13-23(30)28(14-16)22-5-3-2-4-21(22)27/h2-5,7-10,15-16,19-20H,6,11-14H2,1H3/t15-,16-,19+,20-/m1/s1. The molecule has 2 aromatic carbocycles. The maximum atomic E-state index is 12.9. The SMILES string of the molecule is C[C@@H]1CC[C@@H]2C(=O)N(c3ccc(OC(=O)[C@@H]4CC(=O)N(c5ccccc5Cl)C4)cc3)C(=O)[C@@H]2C1. The topological polar surface area (TPSA) is 84.0 Å². The van der Waals surface area contributed by atoms with E-state index < -0.39 is 11.9 Å². The van der Waals surface area contributed by atoms with E-state index in [0.717, 1.165) is 19.3 Å². The summed E-state index contributed by atoms with van der Waals surface area (Å²) in [6.07, 6.45) is 2.49. The molecule has 3 fully saturated rings. The monoisotopic (exact) mass is 480 g/mol. The molecule has 7 nitrogen and oxygen atoms in total. The Morgan fingerprint density at radius 1 is 0.971 bits per heavy atom. The number of hydrogen-bond donors (Lipinski definition) is 0. The number of ether oxygens (including phenoxy) is 1. The number of para-hydroxylation sites is 1. The van der Waals surface area contributed by atoms with Gasteiger partial charge in [-0.15, -0.1) is 0 Å².